The van der Waals surface area contributed by atoms with Gasteiger partial charge in [-0.15, -0.1) is 0 Å². The number of rotatable bonds is 4. The number of nitrogens with zero attached hydrogens (tertiary/aromatic N) is 3. The van der Waals surface area contributed by atoms with Gasteiger partial charge in [-0.1, -0.05) is 41.4 Å². The van der Waals surface area contributed by atoms with E-state index in [1.165, 1.54) is 6.33 Å². The highest BCUT2D eigenvalue weighted by molar-refractivity contribution is 6.42. The van der Waals surface area contributed by atoms with Gasteiger partial charge in [-0.2, -0.15) is 10.1 Å². The van der Waals surface area contributed by atoms with Gasteiger partial charge in [-0.25, -0.2) is 4.68 Å². The summed E-state index contributed by atoms with van der Waals surface area (Å²) in [7, 11) is 1.55. The minimum Gasteiger partial charge on any atom is -0.495 e. The van der Waals surface area contributed by atoms with Crippen molar-refractivity contribution >= 4 is 40.7 Å². The summed E-state index contributed by atoms with van der Waals surface area (Å²) in [5, 5.41) is 11.2. The summed E-state index contributed by atoms with van der Waals surface area (Å²) in [4.78, 5) is 17.6. The monoisotopic (exact) mass is 429 g/mol. The molecule has 1 aromatic heterocycles. The van der Waals surface area contributed by atoms with E-state index in [-0.39, 0.29) is 5.91 Å². The summed E-state index contributed by atoms with van der Waals surface area (Å²) >= 11 is 12.3. The van der Waals surface area contributed by atoms with Crippen LogP contribution in [0.2, 0.25) is 10.0 Å². The second kappa shape index (κ2) is 7.77. The lowest BCUT2D eigenvalue weighted by atomic mass is 9.95. The van der Waals surface area contributed by atoms with Gasteiger partial charge >= 0.3 is 0 Å². The van der Waals surface area contributed by atoms with Crippen LogP contribution in [-0.4, -0.2) is 27.8 Å². The molecule has 1 aliphatic heterocycles. The van der Waals surface area contributed by atoms with Gasteiger partial charge in [0.05, 0.1) is 28.4 Å². The molecule has 0 radical (unpaired) electrons. The average molecular weight is 430 g/mol. The van der Waals surface area contributed by atoms with E-state index in [0.29, 0.717) is 38.7 Å². The Morgan fingerprint density at radius 2 is 2.00 bits per heavy atom. The maximum absolute atomic E-state index is 13.3. The largest absolute Gasteiger partial charge is 0.495 e. The number of amides is 1. The number of halogens is 2. The normalized spacial score (nSPS) is 15.5. The number of nitrogens with one attached hydrogen (secondary N) is 2. The lowest BCUT2D eigenvalue weighted by Crippen LogP contribution is -2.31. The smallest absolute Gasteiger partial charge is 0.255 e. The van der Waals surface area contributed by atoms with Crippen molar-refractivity contribution in [2.45, 2.75) is 13.0 Å². The first-order chi connectivity index (χ1) is 14.0. The number of carbonyl (C=O) groups is 1. The Morgan fingerprint density at radius 1 is 1.21 bits per heavy atom. The molecule has 1 aliphatic rings. The zero-order chi connectivity index (χ0) is 20.5. The minimum atomic E-state index is -0.529. The van der Waals surface area contributed by atoms with Gasteiger partial charge < -0.3 is 15.4 Å². The van der Waals surface area contributed by atoms with Crippen molar-refractivity contribution in [2.75, 3.05) is 17.7 Å². The van der Waals surface area contributed by atoms with Crippen molar-refractivity contribution in [3.05, 3.63) is 75.7 Å². The lowest BCUT2D eigenvalue weighted by molar-refractivity contribution is -0.113. The molecule has 29 heavy (non-hydrogen) atoms. The van der Waals surface area contributed by atoms with Crippen LogP contribution in [0.25, 0.3) is 0 Å². The van der Waals surface area contributed by atoms with Crippen molar-refractivity contribution in [1.29, 1.82) is 0 Å². The van der Waals surface area contributed by atoms with Crippen LogP contribution in [0.4, 0.5) is 11.6 Å². The molecule has 9 heteroatoms. The van der Waals surface area contributed by atoms with Gasteiger partial charge in [0, 0.05) is 5.70 Å². The van der Waals surface area contributed by atoms with E-state index in [4.69, 9.17) is 27.9 Å². The molecule has 0 bridgehead atoms. The van der Waals surface area contributed by atoms with Gasteiger partial charge in [0.15, 0.2) is 0 Å². The summed E-state index contributed by atoms with van der Waals surface area (Å²) in [6, 6.07) is 11.9. The predicted octanol–water partition coefficient (Wildman–Crippen LogP) is 4.52. The van der Waals surface area contributed by atoms with Gasteiger partial charge in [0.25, 0.3) is 5.91 Å². The highest BCUT2D eigenvalue weighted by Crippen LogP contribution is 2.37. The fourth-order valence-electron chi connectivity index (χ4n) is 3.31. The standard InChI is InChI=1S/C20H17Cl2N5O2/c1-11-17(19(28)26-15-5-3-4-6-16(15)29-2)18(27-20(25-11)23-10-24-27)12-7-8-13(21)14(22)9-12/h3-10,18H,1-2H3,(H,26,28)(H,23,24,25)/t18-/m0/s1. The van der Waals surface area contributed by atoms with Crippen molar-refractivity contribution in [3.8, 4) is 5.75 Å². The number of benzene rings is 2. The second-order valence-corrected chi connectivity index (χ2v) is 7.24. The molecule has 4 rings (SSSR count). The first-order valence-electron chi connectivity index (χ1n) is 8.76. The van der Waals surface area contributed by atoms with Crippen LogP contribution in [0.3, 0.4) is 0 Å². The van der Waals surface area contributed by atoms with Crippen LogP contribution in [0.5, 0.6) is 5.75 Å². The Balaban J connectivity index is 1.78. The molecule has 0 aliphatic carbocycles. The molecule has 3 aromatic rings. The molecule has 148 valence electrons. The zero-order valence-electron chi connectivity index (χ0n) is 15.6. The van der Waals surface area contributed by atoms with Crippen molar-refractivity contribution in [3.63, 3.8) is 0 Å². The summed E-state index contributed by atoms with van der Waals surface area (Å²) in [5.41, 5.74) is 2.47. The first-order valence-corrected chi connectivity index (χ1v) is 9.51. The molecular weight excluding hydrogens is 413 g/mol. The molecule has 2 N–H and O–H groups in total. The number of para-hydroxylation sites is 2. The van der Waals surface area contributed by atoms with Gasteiger partial charge in [0.1, 0.15) is 18.1 Å². The van der Waals surface area contributed by atoms with Crippen LogP contribution in [-0.2, 0) is 4.79 Å². The van der Waals surface area contributed by atoms with Crippen molar-refractivity contribution in [2.24, 2.45) is 0 Å². The van der Waals surface area contributed by atoms with E-state index in [2.05, 4.69) is 20.7 Å². The Morgan fingerprint density at radius 3 is 2.76 bits per heavy atom. The van der Waals surface area contributed by atoms with E-state index >= 15 is 0 Å². The molecular formula is C20H17Cl2N5O2. The Bertz CT molecular complexity index is 1130. The number of carbonyl (C=O) groups excluding carboxylic acids is 1. The van der Waals surface area contributed by atoms with Crippen LogP contribution in [0.15, 0.2) is 60.1 Å². The third-order valence-corrected chi connectivity index (χ3v) is 5.39. The van der Waals surface area contributed by atoms with Crippen molar-refractivity contribution < 1.29 is 9.53 Å². The predicted molar refractivity (Wildman–Crippen MR) is 113 cm³/mol. The Hall–Kier alpha value is -3.03. The number of allylic oxidation sites excluding steroid dienone is 1. The number of methoxy groups -OCH3 is 1. The first kappa shape index (κ1) is 19.3. The highest BCUT2D eigenvalue weighted by atomic mass is 35.5. The SMILES string of the molecule is COc1ccccc1NC(=O)C1=C(C)Nc2ncnn2[C@H]1c1ccc(Cl)c(Cl)c1. The van der Waals surface area contributed by atoms with E-state index < -0.39 is 6.04 Å². The second-order valence-electron chi connectivity index (χ2n) is 6.42. The van der Waals surface area contributed by atoms with E-state index in [9.17, 15) is 4.79 Å². The Kier molecular flexibility index (Phi) is 5.17. The number of hydrogen-bond donors (Lipinski definition) is 2. The lowest BCUT2D eigenvalue weighted by Gasteiger charge is -2.29. The number of aromatic nitrogens is 3. The quantitative estimate of drug-likeness (QED) is 0.636. The van der Waals surface area contributed by atoms with Crippen LogP contribution < -0.4 is 15.4 Å². The van der Waals surface area contributed by atoms with E-state index in [1.807, 2.05) is 25.1 Å². The fraction of sp³-hybridized carbons (Fsp3) is 0.150. The molecule has 0 spiro atoms. The zero-order valence-corrected chi connectivity index (χ0v) is 17.1. The molecule has 2 heterocycles. The molecule has 7 nitrogen and oxygen atoms in total. The number of hydrogen-bond acceptors (Lipinski definition) is 5. The summed E-state index contributed by atoms with van der Waals surface area (Å²) in [6.07, 6.45) is 1.43. The van der Waals surface area contributed by atoms with Crippen molar-refractivity contribution in [1.82, 2.24) is 14.8 Å². The summed E-state index contributed by atoms with van der Waals surface area (Å²) < 4.78 is 6.98. The highest BCUT2D eigenvalue weighted by Gasteiger charge is 2.34. The third-order valence-electron chi connectivity index (χ3n) is 4.65. The molecule has 0 saturated carbocycles. The topological polar surface area (TPSA) is 81.1 Å². The number of fused-ring (bicyclic) bond motifs is 1. The fourth-order valence-corrected chi connectivity index (χ4v) is 3.62. The minimum absolute atomic E-state index is 0.295. The van der Waals surface area contributed by atoms with Gasteiger partial charge in [-0.3, -0.25) is 4.79 Å². The molecule has 1 atom stereocenters. The summed E-state index contributed by atoms with van der Waals surface area (Å²) in [6.45, 7) is 1.82. The third kappa shape index (κ3) is 3.54. The molecule has 2 aromatic carbocycles. The molecule has 0 saturated heterocycles. The number of ether oxygens (including phenoxy) is 1. The van der Waals surface area contributed by atoms with Gasteiger partial charge in [0.2, 0.25) is 5.95 Å². The molecule has 1 amide bonds. The van der Waals surface area contributed by atoms with Crippen LogP contribution in [0.1, 0.15) is 18.5 Å². The van der Waals surface area contributed by atoms with E-state index in [1.54, 1.807) is 36.1 Å². The maximum Gasteiger partial charge on any atom is 0.255 e. The number of anilines is 2. The summed E-state index contributed by atoms with van der Waals surface area (Å²) in [5.74, 6) is 0.805. The Labute approximate surface area is 177 Å². The molecule has 0 unspecified atom stereocenters. The van der Waals surface area contributed by atoms with Gasteiger partial charge in [-0.05, 0) is 36.8 Å². The molecule has 0 fully saturated rings. The maximum atomic E-state index is 13.3. The van der Waals surface area contributed by atoms with Crippen LogP contribution >= 0.6 is 23.2 Å². The average Bonchev–Trinajstić information content (AvgIpc) is 3.17. The van der Waals surface area contributed by atoms with Crippen LogP contribution in [0, 0.1) is 0 Å². The van der Waals surface area contributed by atoms with E-state index in [0.717, 1.165) is 5.56 Å².